The molecule has 0 saturated carbocycles. The molecule has 4 aromatic rings. The molecule has 2 heterocycles. The number of carbonyl (C=O) groups is 3. The van der Waals surface area contributed by atoms with Gasteiger partial charge in [0.05, 0.1) is 10.9 Å². The van der Waals surface area contributed by atoms with Crippen molar-refractivity contribution in [1.82, 2.24) is 15.2 Å². The number of benzene rings is 3. The van der Waals surface area contributed by atoms with Gasteiger partial charge in [-0.1, -0.05) is 60.1 Å². The van der Waals surface area contributed by atoms with Crippen LogP contribution in [0.2, 0.25) is 5.02 Å². The van der Waals surface area contributed by atoms with Crippen LogP contribution >= 0.6 is 23.4 Å². The Hall–Kier alpha value is -3.75. The largest absolute Gasteiger partial charge is 0.351 e. The second-order valence-corrected chi connectivity index (χ2v) is 10.6. The van der Waals surface area contributed by atoms with E-state index < -0.39 is 17.2 Å². The zero-order chi connectivity index (χ0) is 26.1. The van der Waals surface area contributed by atoms with E-state index in [-0.39, 0.29) is 18.4 Å². The fraction of sp³-hybridized carbons (Fsp3) is 0.179. The van der Waals surface area contributed by atoms with E-state index in [4.69, 9.17) is 11.6 Å². The van der Waals surface area contributed by atoms with E-state index in [2.05, 4.69) is 10.3 Å². The maximum absolute atomic E-state index is 14.2. The zero-order valence-electron chi connectivity index (χ0n) is 20.3. The average Bonchev–Trinajstić information content (AvgIpc) is 3.30. The highest BCUT2D eigenvalue weighted by molar-refractivity contribution is 7.99. The van der Waals surface area contributed by atoms with Crippen molar-refractivity contribution in [3.8, 4) is 0 Å². The summed E-state index contributed by atoms with van der Waals surface area (Å²) in [5.41, 5.74) is 2.63. The lowest BCUT2D eigenvalue weighted by atomic mass is 10.0. The Morgan fingerprint density at radius 2 is 1.76 bits per heavy atom. The third kappa shape index (κ3) is 5.08. The summed E-state index contributed by atoms with van der Waals surface area (Å²) in [4.78, 5) is 47.1. The third-order valence-corrected chi connectivity index (χ3v) is 7.90. The van der Waals surface area contributed by atoms with Crippen molar-refractivity contribution in [3.63, 3.8) is 0 Å². The van der Waals surface area contributed by atoms with Crippen LogP contribution in [0.15, 0.2) is 83.8 Å². The molecule has 0 radical (unpaired) electrons. The summed E-state index contributed by atoms with van der Waals surface area (Å²) in [6, 6.07) is 23.2. The summed E-state index contributed by atoms with van der Waals surface area (Å²) < 4.78 is 0. The number of H-pyrrole nitrogens is 1. The first-order valence-electron chi connectivity index (χ1n) is 11.7. The van der Waals surface area contributed by atoms with E-state index in [1.165, 1.54) is 21.6 Å². The van der Waals surface area contributed by atoms with Gasteiger partial charge >= 0.3 is 0 Å². The van der Waals surface area contributed by atoms with E-state index >= 15 is 0 Å². The Balaban J connectivity index is 1.58. The topological polar surface area (TPSA) is 85.5 Å². The number of rotatable bonds is 5. The van der Waals surface area contributed by atoms with Gasteiger partial charge in [-0.2, -0.15) is 0 Å². The van der Waals surface area contributed by atoms with Crippen LogP contribution in [0.5, 0.6) is 0 Å². The number of anilines is 1. The molecule has 5 rings (SSSR count). The first kappa shape index (κ1) is 24.9. The molecular weight excluding hydrogens is 508 g/mol. The SMILES string of the molecule is CN(C)C(=O)CN1C(=O)[C@@H](NC(=O)c2cc3ccccc3[nH]2)[C@@H](c2ccccc2)Sc2cc(Cl)ccc21. The zero-order valence-corrected chi connectivity index (χ0v) is 21.8. The molecule has 1 aliphatic heterocycles. The molecule has 3 amide bonds. The Labute approximate surface area is 223 Å². The first-order chi connectivity index (χ1) is 17.8. The number of halogens is 1. The molecular formula is C28H25ClN4O3S. The number of likely N-dealkylation sites (N-methyl/N-ethyl adjacent to an activating group) is 1. The minimum atomic E-state index is -0.951. The second-order valence-electron chi connectivity index (χ2n) is 9.00. The number of aromatic nitrogens is 1. The average molecular weight is 533 g/mol. The summed E-state index contributed by atoms with van der Waals surface area (Å²) in [5, 5.41) is 3.93. The van der Waals surface area contributed by atoms with Crippen molar-refractivity contribution >= 4 is 57.7 Å². The summed E-state index contributed by atoms with van der Waals surface area (Å²) in [5.74, 6) is -1.01. The van der Waals surface area contributed by atoms with Gasteiger partial charge in [0.1, 0.15) is 18.3 Å². The normalized spacial score (nSPS) is 17.3. The molecule has 1 aliphatic rings. The van der Waals surface area contributed by atoms with Crippen molar-refractivity contribution in [3.05, 3.63) is 95.1 Å². The van der Waals surface area contributed by atoms with Gasteiger partial charge in [0.25, 0.3) is 11.8 Å². The first-order valence-corrected chi connectivity index (χ1v) is 13.0. The maximum Gasteiger partial charge on any atom is 0.268 e. The number of hydrogen-bond acceptors (Lipinski definition) is 4. The summed E-state index contributed by atoms with van der Waals surface area (Å²) in [6.45, 7) is -0.165. The number of thioether (sulfide) groups is 1. The highest BCUT2D eigenvalue weighted by Gasteiger charge is 2.40. The minimum absolute atomic E-state index is 0.165. The van der Waals surface area contributed by atoms with Crippen LogP contribution < -0.4 is 10.2 Å². The van der Waals surface area contributed by atoms with E-state index in [0.29, 0.717) is 16.4 Å². The van der Waals surface area contributed by atoms with Gasteiger partial charge < -0.3 is 20.1 Å². The van der Waals surface area contributed by atoms with Crippen LogP contribution in [-0.4, -0.2) is 54.3 Å². The van der Waals surface area contributed by atoms with Crippen LogP contribution in [0, 0.1) is 0 Å². The molecule has 3 aromatic carbocycles. The van der Waals surface area contributed by atoms with Gasteiger partial charge in [-0.3, -0.25) is 14.4 Å². The lowest BCUT2D eigenvalue weighted by molar-refractivity contribution is -0.129. The van der Waals surface area contributed by atoms with Gasteiger partial charge in [0.15, 0.2) is 0 Å². The Bertz CT molecular complexity index is 1450. The van der Waals surface area contributed by atoms with Gasteiger partial charge in [-0.15, -0.1) is 11.8 Å². The molecule has 37 heavy (non-hydrogen) atoms. The minimum Gasteiger partial charge on any atom is -0.351 e. The summed E-state index contributed by atoms with van der Waals surface area (Å²) >= 11 is 7.78. The predicted octanol–water partition coefficient (Wildman–Crippen LogP) is 4.89. The molecule has 0 unspecified atom stereocenters. The Kier molecular flexibility index (Phi) is 6.95. The summed E-state index contributed by atoms with van der Waals surface area (Å²) in [6.07, 6.45) is 0. The van der Waals surface area contributed by atoms with E-state index in [9.17, 15) is 14.4 Å². The highest BCUT2D eigenvalue weighted by Crippen LogP contribution is 2.46. The van der Waals surface area contributed by atoms with E-state index in [1.807, 2.05) is 54.6 Å². The van der Waals surface area contributed by atoms with Crippen molar-refractivity contribution < 1.29 is 14.4 Å². The van der Waals surface area contributed by atoms with Crippen molar-refractivity contribution in [2.45, 2.75) is 16.2 Å². The van der Waals surface area contributed by atoms with Crippen LogP contribution in [0.4, 0.5) is 5.69 Å². The molecule has 0 spiro atoms. The molecule has 0 bridgehead atoms. The molecule has 9 heteroatoms. The van der Waals surface area contributed by atoms with Gasteiger partial charge in [-0.25, -0.2) is 0 Å². The smallest absolute Gasteiger partial charge is 0.268 e. The van der Waals surface area contributed by atoms with Gasteiger partial charge in [-0.05, 0) is 35.9 Å². The number of aromatic amines is 1. The number of amides is 3. The number of nitrogens with one attached hydrogen (secondary N) is 2. The molecule has 1 aromatic heterocycles. The third-order valence-electron chi connectivity index (χ3n) is 6.28. The quantitative estimate of drug-likeness (QED) is 0.383. The monoisotopic (exact) mass is 532 g/mol. The Morgan fingerprint density at radius 1 is 1.03 bits per heavy atom. The number of para-hydroxylation sites is 1. The Morgan fingerprint density at radius 3 is 2.49 bits per heavy atom. The van der Waals surface area contributed by atoms with Crippen molar-refractivity contribution in [1.29, 1.82) is 0 Å². The van der Waals surface area contributed by atoms with Crippen molar-refractivity contribution in [2.24, 2.45) is 0 Å². The molecule has 188 valence electrons. The summed E-state index contributed by atoms with van der Waals surface area (Å²) in [7, 11) is 3.29. The predicted molar refractivity (Wildman–Crippen MR) is 147 cm³/mol. The van der Waals surface area contributed by atoms with Crippen LogP contribution in [0.1, 0.15) is 21.3 Å². The van der Waals surface area contributed by atoms with E-state index in [0.717, 1.165) is 21.4 Å². The number of carbonyl (C=O) groups excluding carboxylic acids is 3. The van der Waals surface area contributed by atoms with Gasteiger partial charge in [0, 0.05) is 34.9 Å². The van der Waals surface area contributed by atoms with Crippen LogP contribution in [-0.2, 0) is 9.59 Å². The van der Waals surface area contributed by atoms with Crippen molar-refractivity contribution in [2.75, 3.05) is 25.5 Å². The fourth-order valence-electron chi connectivity index (χ4n) is 4.32. The number of nitrogens with zero attached hydrogens (tertiary/aromatic N) is 2. The number of fused-ring (bicyclic) bond motifs is 2. The molecule has 2 atom stereocenters. The molecule has 2 N–H and O–H groups in total. The van der Waals surface area contributed by atoms with E-state index in [1.54, 1.807) is 38.4 Å². The highest BCUT2D eigenvalue weighted by atomic mass is 35.5. The lowest BCUT2D eigenvalue weighted by Crippen LogP contribution is -2.52. The fourth-order valence-corrected chi connectivity index (χ4v) is 5.94. The molecule has 0 saturated heterocycles. The standard InChI is InChI=1S/C28H25ClN4O3S/c1-32(2)24(34)16-33-22-13-12-19(29)15-23(22)37-26(17-8-4-3-5-9-17)25(28(33)36)31-27(35)21-14-18-10-6-7-11-20(18)30-21/h3-15,25-26,30H,16H2,1-2H3,(H,31,35)/t25-,26+/m0/s1. The lowest BCUT2D eigenvalue weighted by Gasteiger charge is -2.29. The molecule has 0 aliphatic carbocycles. The second kappa shape index (κ2) is 10.3. The number of hydrogen-bond donors (Lipinski definition) is 2. The van der Waals surface area contributed by atoms with Gasteiger partial charge in [0.2, 0.25) is 5.91 Å². The maximum atomic E-state index is 14.2. The molecule has 0 fully saturated rings. The van der Waals surface area contributed by atoms with Crippen LogP contribution in [0.3, 0.4) is 0 Å². The molecule has 7 nitrogen and oxygen atoms in total. The van der Waals surface area contributed by atoms with Crippen LogP contribution in [0.25, 0.3) is 10.9 Å².